The zero-order valence-electron chi connectivity index (χ0n) is 10.4. The topological polar surface area (TPSA) is 29.5 Å². The summed E-state index contributed by atoms with van der Waals surface area (Å²) in [5, 5.41) is 9.50. The van der Waals surface area contributed by atoms with Crippen LogP contribution in [0.1, 0.15) is 24.2 Å². The van der Waals surface area contributed by atoms with Gasteiger partial charge in [0.1, 0.15) is 11.5 Å². The number of hydrogen-bond acceptors (Lipinski definition) is 2. The Bertz CT molecular complexity index is 550. The van der Waals surface area contributed by atoms with Crippen LogP contribution >= 0.6 is 15.9 Å². The van der Waals surface area contributed by atoms with Crippen LogP contribution in [0.15, 0.2) is 46.9 Å². The second kappa shape index (κ2) is 5.55. The first-order valence-corrected chi connectivity index (χ1v) is 6.57. The van der Waals surface area contributed by atoms with Gasteiger partial charge in [-0.1, -0.05) is 18.2 Å². The summed E-state index contributed by atoms with van der Waals surface area (Å²) in [6.07, 6.45) is -0.477. The average Bonchev–Trinajstić information content (AvgIpc) is 2.31. The Morgan fingerprint density at radius 1 is 1.17 bits per heavy atom. The summed E-state index contributed by atoms with van der Waals surface area (Å²) in [5.74, 6) is 1.55. The zero-order valence-corrected chi connectivity index (χ0v) is 11.9. The SMILES string of the molecule is Cc1cccc(Oc2ccc([C@@H](C)O)cc2Br)c1. The van der Waals surface area contributed by atoms with Crippen LogP contribution in [-0.2, 0) is 0 Å². The summed E-state index contributed by atoms with van der Waals surface area (Å²) in [4.78, 5) is 0. The van der Waals surface area contributed by atoms with Crippen molar-refractivity contribution in [2.24, 2.45) is 0 Å². The normalized spacial score (nSPS) is 12.2. The Balaban J connectivity index is 2.24. The number of benzene rings is 2. The number of halogens is 1. The molecule has 1 atom stereocenters. The summed E-state index contributed by atoms with van der Waals surface area (Å²) < 4.78 is 6.63. The average molecular weight is 307 g/mol. The van der Waals surface area contributed by atoms with Crippen LogP contribution in [0, 0.1) is 6.92 Å². The summed E-state index contributed by atoms with van der Waals surface area (Å²) in [5.41, 5.74) is 2.02. The van der Waals surface area contributed by atoms with Crippen LogP contribution in [0.25, 0.3) is 0 Å². The first-order valence-electron chi connectivity index (χ1n) is 5.78. The van der Waals surface area contributed by atoms with Gasteiger partial charge in [-0.15, -0.1) is 0 Å². The molecule has 2 nitrogen and oxygen atoms in total. The van der Waals surface area contributed by atoms with Crippen molar-refractivity contribution >= 4 is 15.9 Å². The lowest BCUT2D eigenvalue weighted by Crippen LogP contribution is -1.92. The minimum Gasteiger partial charge on any atom is -0.456 e. The lowest BCUT2D eigenvalue weighted by Gasteiger charge is -2.11. The molecule has 0 amide bonds. The third-order valence-electron chi connectivity index (χ3n) is 2.66. The summed E-state index contributed by atoms with van der Waals surface area (Å²) in [7, 11) is 0. The molecular formula is C15H15BrO2. The maximum Gasteiger partial charge on any atom is 0.141 e. The standard InChI is InChI=1S/C15H15BrO2/c1-10-4-3-5-13(8-10)18-15-7-6-12(11(2)17)9-14(15)16/h3-9,11,17H,1-2H3/t11-/m1/s1. The molecule has 2 aromatic rings. The minimum atomic E-state index is -0.477. The van der Waals surface area contributed by atoms with Crippen LogP contribution in [0.5, 0.6) is 11.5 Å². The van der Waals surface area contributed by atoms with E-state index in [1.54, 1.807) is 6.92 Å². The van der Waals surface area contributed by atoms with E-state index >= 15 is 0 Å². The molecule has 3 heteroatoms. The molecule has 0 unspecified atom stereocenters. The third kappa shape index (κ3) is 3.12. The van der Waals surface area contributed by atoms with Crippen molar-refractivity contribution in [3.8, 4) is 11.5 Å². The molecule has 0 radical (unpaired) electrons. The number of aryl methyl sites for hydroxylation is 1. The monoisotopic (exact) mass is 306 g/mol. The van der Waals surface area contributed by atoms with Crippen molar-refractivity contribution in [3.05, 3.63) is 58.1 Å². The van der Waals surface area contributed by atoms with Gasteiger partial charge in [0.2, 0.25) is 0 Å². The first-order chi connectivity index (χ1) is 8.56. The van der Waals surface area contributed by atoms with E-state index in [0.29, 0.717) is 0 Å². The van der Waals surface area contributed by atoms with Gasteiger partial charge in [-0.3, -0.25) is 0 Å². The molecule has 2 rings (SSSR count). The summed E-state index contributed by atoms with van der Waals surface area (Å²) in [6.45, 7) is 3.77. The third-order valence-corrected chi connectivity index (χ3v) is 3.28. The second-order valence-electron chi connectivity index (χ2n) is 4.28. The van der Waals surface area contributed by atoms with Gasteiger partial charge in [0, 0.05) is 0 Å². The van der Waals surface area contributed by atoms with E-state index in [2.05, 4.69) is 15.9 Å². The Morgan fingerprint density at radius 2 is 1.94 bits per heavy atom. The molecule has 0 bridgehead atoms. The number of rotatable bonds is 3. The second-order valence-corrected chi connectivity index (χ2v) is 5.14. The van der Waals surface area contributed by atoms with E-state index in [1.165, 1.54) is 0 Å². The molecule has 0 saturated carbocycles. The minimum absolute atomic E-state index is 0.477. The number of aliphatic hydroxyl groups excluding tert-OH is 1. The van der Waals surface area contributed by atoms with Crippen LogP contribution in [0.3, 0.4) is 0 Å². The van der Waals surface area contributed by atoms with Crippen molar-refractivity contribution < 1.29 is 9.84 Å². The predicted octanol–water partition coefficient (Wildman–Crippen LogP) is 4.60. The van der Waals surface area contributed by atoms with Gasteiger partial charge in [-0.05, 0) is 65.2 Å². The predicted molar refractivity (Wildman–Crippen MR) is 76.0 cm³/mol. The summed E-state index contributed by atoms with van der Waals surface area (Å²) >= 11 is 3.46. The lowest BCUT2D eigenvalue weighted by molar-refractivity contribution is 0.199. The Labute approximate surface area is 115 Å². The van der Waals surface area contributed by atoms with Crippen molar-refractivity contribution in [2.45, 2.75) is 20.0 Å². The number of aliphatic hydroxyl groups is 1. The first kappa shape index (κ1) is 13.1. The molecule has 0 spiro atoms. The Morgan fingerprint density at radius 3 is 2.56 bits per heavy atom. The van der Waals surface area contributed by atoms with Gasteiger partial charge in [-0.2, -0.15) is 0 Å². The van der Waals surface area contributed by atoms with Crippen molar-refractivity contribution in [2.75, 3.05) is 0 Å². The van der Waals surface area contributed by atoms with E-state index in [9.17, 15) is 5.11 Å². The van der Waals surface area contributed by atoms with Gasteiger partial charge in [0.25, 0.3) is 0 Å². The van der Waals surface area contributed by atoms with Crippen LogP contribution in [-0.4, -0.2) is 5.11 Å². The molecule has 0 aromatic heterocycles. The molecule has 0 aliphatic heterocycles. The quantitative estimate of drug-likeness (QED) is 0.897. The Hall–Kier alpha value is -1.32. The van der Waals surface area contributed by atoms with Crippen molar-refractivity contribution in [3.63, 3.8) is 0 Å². The molecule has 0 heterocycles. The van der Waals surface area contributed by atoms with E-state index in [0.717, 1.165) is 27.1 Å². The van der Waals surface area contributed by atoms with E-state index in [4.69, 9.17) is 4.74 Å². The molecule has 94 valence electrons. The lowest BCUT2D eigenvalue weighted by atomic mass is 10.1. The van der Waals surface area contributed by atoms with Crippen LogP contribution < -0.4 is 4.74 Å². The molecule has 0 aliphatic rings. The van der Waals surface area contributed by atoms with Gasteiger partial charge in [-0.25, -0.2) is 0 Å². The molecule has 1 N–H and O–H groups in total. The Kier molecular flexibility index (Phi) is 4.04. The molecule has 0 aliphatic carbocycles. The molecule has 0 saturated heterocycles. The molecule has 18 heavy (non-hydrogen) atoms. The van der Waals surface area contributed by atoms with Crippen LogP contribution in [0.2, 0.25) is 0 Å². The van der Waals surface area contributed by atoms with E-state index in [1.807, 2.05) is 49.4 Å². The van der Waals surface area contributed by atoms with Gasteiger partial charge < -0.3 is 9.84 Å². The molecule has 2 aromatic carbocycles. The van der Waals surface area contributed by atoms with Crippen molar-refractivity contribution in [1.82, 2.24) is 0 Å². The van der Waals surface area contributed by atoms with E-state index in [-0.39, 0.29) is 0 Å². The highest BCUT2D eigenvalue weighted by atomic mass is 79.9. The maximum absolute atomic E-state index is 9.50. The fraction of sp³-hybridized carbons (Fsp3) is 0.200. The summed E-state index contributed by atoms with van der Waals surface area (Å²) in [6, 6.07) is 13.5. The fourth-order valence-electron chi connectivity index (χ4n) is 1.67. The van der Waals surface area contributed by atoms with E-state index < -0.39 is 6.10 Å². The maximum atomic E-state index is 9.50. The highest BCUT2D eigenvalue weighted by Gasteiger charge is 2.07. The van der Waals surface area contributed by atoms with Crippen LogP contribution in [0.4, 0.5) is 0 Å². The number of ether oxygens (including phenoxy) is 1. The van der Waals surface area contributed by atoms with Crippen molar-refractivity contribution in [1.29, 1.82) is 0 Å². The number of hydrogen-bond donors (Lipinski definition) is 1. The largest absolute Gasteiger partial charge is 0.456 e. The molecule has 0 fully saturated rings. The van der Waals surface area contributed by atoms with Gasteiger partial charge in [0.05, 0.1) is 10.6 Å². The highest BCUT2D eigenvalue weighted by Crippen LogP contribution is 2.32. The highest BCUT2D eigenvalue weighted by molar-refractivity contribution is 9.10. The van der Waals surface area contributed by atoms with Gasteiger partial charge >= 0.3 is 0 Å². The van der Waals surface area contributed by atoms with Gasteiger partial charge in [0.15, 0.2) is 0 Å². The fourth-order valence-corrected chi connectivity index (χ4v) is 2.14. The smallest absolute Gasteiger partial charge is 0.141 e. The zero-order chi connectivity index (χ0) is 13.1. The molecular weight excluding hydrogens is 292 g/mol.